The third-order valence-electron chi connectivity index (χ3n) is 3.86. The SMILES string of the molecule is CCN(CC)c1ccc(NC(=O)CCNCc2cccnc2)cc1. The molecule has 2 aromatic rings. The molecule has 2 N–H and O–H groups in total. The van der Waals surface area contributed by atoms with E-state index in [0.717, 1.165) is 30.9 Å². The van der Waals surface area contributed by atoms with Gasteiger partial charge in [-0.3, -0.25) is 9.78 Å². The zero-order valence-electron chi connectivity index (χ0n) is 14.5. The van der Waals surface area contributed by atoms with E-state index in [9.17, 15) is 4.79 Å². The molecule has 0 saturated carbocycles. The normalized spacial score (nSPS) is 10.4. The van der Waals surface area contributed by atoms with Crippen molar-refractivity contribution in [1.29, 1.82) is 0 Å². The van der Waals surface area contributed by atoms with Gasteiger partial charge in [-0.25, -0.2) is 0 Å². The minimum absolute atomic E-state index is 0.0178. The van der Waals surface area contributed by atoms with E-state index in [-0.39, 0.29) is 5.91 Å². The number of nitrogens with zero attached hydrogens (tertiary/aromatic N) is 2. The van der Waals surface area contributed by atoms with Crippen LogP contribution in [-0.2, 0) is 11.3 Å². The van der Waals surface area contributed by atoms with Gasteiger partial charge in [0, 0.05) is 56.4 Å². The first-order chi connectivity index (χ1) is 11.7. The Balaban J connectivity index is 1.72. The number of anilines is 2. The maximum absolute atomic E-state index is 12.0. The Morgan fingerprint density at radius 1 is 1.12 bits per heavy atom. The van der Waals surface area contributed by atoms with E-state index in [1.54, 1.807) is 6.20 Å². The molecular formula is C19H26N4O. The summed E-state index contributed by atoms with van der Waals surface area (Å²) in [4.78, 5) is 18.3. The highest BCUT2D eigenvalue weighted by Crippen LogP contribution is 2.17. The molecule has 0 aliphatic heterocycles. The van der Waals surface area contributed by atoms with Gasteiger partial charge in [0.05, 0.1) is 0 Å². The first kappa shape index (κ1) is 17.9. The molecule has 1 heterocycles. The van der Waals surface area contributed by atoms with E-state index in [0.29, 0.717) is 13.0 Å². The lowest BCUT2D eigenvalue weighted by Gasteiger charge is -2.21. The summed E-state index contributed by atoms with van der Waals surface area (Å²) in [5.74, 6) is 0.0178. The third kappa shape index (κ3) is 5.66. The molecule has 0 spiro atoms. The van der Waals surface area contributed by atoms with Crippen LogP contribution in [0.25, 0.3) is 0 Å². The Kier molecular flexibility index (Phi) is 7.23. The van der Waals surface area contributed by atoms with Crippen LogP contribution in [0.4, 0.5) is 11.4 Å². The van der Waals surface area contributed by atoms with E-state index >= 15 is 0 Å². The Labute approximate surface area is 144 Å². The highest BCUT2D eigenvalue weighted by Gasteiger charge is 2.04. The van der Waals surface area contributed by atoms with Crippen LogP contribution in [0.5, 0.6) is 0 Å². The Bertz CT molecular complexity index is 609. The van der Waals surface area contributed by atoms with Crippen molar-refractivity contribution in [2.75, 3.05) is 29.9 Å². The summed E-state index contributed by atoms with van der Waals surface area (Å²) < 4.78 is 0. The molecule has 0 atom stereocenters. The molecule has 0 saturated heterocycles. The molecule has 0 fully saturated rings. The van der Waals surface area contributed by atoms with Crippen molar-refractivity contribution in [3.8, 4) is 0 Å². The lowest BCUT2D eigenvalue weighted by Crippen LogP contribution is -2.22. The summed E-state index contributed by atoms with van der Waals surface area (Å²) in [5, 5.41) is 6.18. The predicted molar refractivity (Wildman–Crippen MR) is 99.2 cm³/mol. The Morgan fingerprint density at radius 3 is 2.50 bits per heavy atom. The van der Waals surface area contributed by atoms with Crippen molar-refractivity contribution in [1.82, 2.24) is 10.3 Å². The minimum atomic E-state index is 0.0178. The largest absolute Gasteiger partial charge is 0.372 e. The van der Waals surface area contributed by atoms with Crippen LogP contribution in [0.1, 0.15) is 25.8 Å². The molecule has 0 bridgehead atoms. The highest BCUT2D eigenvalue weighted by molar-refractivity contribution is 5.91. The molecule has 24 heavy (non-hydrogen) atoms. The van der Waals surface area contributed by atoms with Gasteiger partial charge in [0.1, 0.15) is 0 Å². The lowest BCUT2D eigenvalue weighted by molar-refractivity contribution is -0.116. The van der Waals surface area contributed by atoms with Crippen LogP contribution in [0.2, 0.25) is 0 Å². The molecule has 0 aliphatic carbocycles. The van der Waals surface area contributed by atoms with Gasteiger partial charge in [0.25, 0.3) is 0 Å². The Hall–Kier alpha value is -2.40. The van der Waals surface area contributed by atoms with E-state index in [4.69, 9.17) is 0 Å². The fraction of sp³-hybridized carbons (Fsp3) is 0.368. The number of hydrogen-bond donors (Lipinski definition) is 2. The molecule has 0 aliphatic rings. The summed E-state index contributed by atoms with van der Waals surface area (Å²) in [6.45, 7) is 7.59. The molecule has 0 radical (unpaired) electrons. The zero-order valence-corrected chi connectivity index (χ0v) is 14.5. The quantitative estimate of drug-likeness (QED) is 0.696. The van der Waals surface area contributed by atoms with Gasteiger partial charge in [-0.1, -0.05) is 6.07 Å². The maximum atomic E-state index is 12.0. The van der Waals surface area contributed by atoms with Crippen molar-refractivity contribution < 1.29 is 4.79 Å². The summed E-state index contributed by atoms with van der Waals surface area (Å²) in [7, 11) is 0. The summed E-state index contributed by atoms with van der Waals surface area (Å²) in [5.41, 5.74) is 3.13. The molecule has 2 rings (SSSR count). The zero-order chi connectivity index (χ0) is 17.2. The molecule has 1 amide bonds. The van der Waals surface area contributed by atoms with Crippen LogP contribution < -0.4 is 15.5 Å². The van der Waals surface area contributed by atoms with Crippen molar-refractivity contribution in [3.63, 3.8) is 0 Å². The monoisotopic (exact) mass is 326 g/mol. The first-order valence-corrected chi connectivity index (χ1v) is 8.47. The molecule has 5 nitrogen and oxygen atoms in total. The van der Waals surface area contributed by atoms with Gasteiger partial charge < -0.3 is 15.5 Å². The van der Waals surface area contributed by atoms with Crippen LogP contribution in [-0.4, -0.2) is 30.5 Å². The van der Waals surface area contributed by atoms with Crippen molar-refractivity contribution in [3.05, 3.63) is 54.4 Å². The van der Waals surface area contributed by atoms with Crippen LogP contribution in [0.3, 0.4) is 0 Å². The van der Waals surface area contributed by atoms with Crippen LogP contribution in [0, 0.1) is 0 Å². The standard InChI is InChI=1S/C19H26N4O/c1-3-23(4-2)18-9-7-17(8-10-18)22-19(24)11-13-21-15-16-6-5-12-20-14-16/h5-10,12,14,21H,3-4,11,13,15H2,1-2H3,(H,22,24). The lowest BCUT2D eigenvalue weighted by atomic mass is 10.2. The van der Waals surface area contributed by atoms with E-state index in [1.807, 2.05) is 42.6 Å². The third-order valence-corrected chi connectivity index (χ3v) is 3.86. The fourth-order valence-electron chi connectivity index (χ4n) is 2.51. The molecule has 1 aromatic carbocycles. The minimum Gasteiger partial charge on any atom is -0.372 e. The second-order valence-electron chi connectivity index (χ2n) is 5.56. The van der Waals surface area contributed by atoms with Crippen molar-refractivity contribution in [2.24, 2.45) is 0 Å². The summed E-state index contributed by atoms with van der Waals surface area (Å²) >= 11 is 0. The van der Waals surface area contributed by atoms with Crippen molar-refractivity contribution in [2.45, 2.75) is 26.8 Å². The number of aromatic nitrogens is 1. The van der Waals surface area contributed by atoms with E-state index < -0.39 is 0 Å². The Morgan fingerprint density at radius 2 is 1.88 bits per heavy atom. The number of carbonyl (C=O) groups is 1. The predicted octanol–water partition coefficient (Wildman–Crippen LogP) is 3.05. The van der Waals surface area contributed by atoms with Crippen molar-refractivity contribution >= 4 is 17.3 Å². The smallest absolute Gasteiger partial charge is 0.225 e. The highest BCUT2D eigenvalue weighted by atomic mass is 16.1. The summed E-state index contributed by atoms with van der Waals surface area (Å²) in [6, 6.07) is 11.9. The molecule has 0 unspecified atom stereocenters. The molecule has 5 heteroatoms. The molecule has 128 valence electrons. The summed E-state index contributed by atoms with van der Waals surface area (Å²) in [6.07, 6.45) is 4.02. The number of carbonyl (C=O) groups excluding carboxylic acids is 1. The second kappa shape index (κ2) is 9.67. The number of hydrogen-bond acceptors (Lipinski definition) is 4. The first-order valence-electron chi connectivity index (χ1n) is 8.47. The second-order valence-corrected chi connectivity index (χ2v) is 5.56. The van der Waals surface area contributed by atoms with Gasteiger partial charge in [-0.15, -0.1) is 0 Å². The number of pyridine rings is 1. The van der Waals surface area contributed by atoms with Gasteiger partial charge in [0.15, 0.2) is 0 Å². The van der Waals surface area contributed by atoms with Gasteiger partial charge in [0.2, 0.25) is 5.91 Å². The van der Waals surface area contributed by atoms with Gasteiger partial charge in [-0.05, 0) is 49.7 Å². The number of rotatable bonds is 9. The average molecular weight is 326 g/mol. The molecule has 1 aromatic heterocycles. The fourth-order valence-corrected chi connectivity index (χ4v) is 2.51. The van der Waals surface area contributed by atoms with E-state index in [1.165, 1.54) is 5.69 Å². The van der Waals surface area contributed by atoms with Crippen LogP contribution in [0.15, 0.2) is 48.8 Å². The topological polar surface area (TPSA) is 57.3 Å². The van der Waals surface area contributed by atoms with Crippen LogP contribution >= 0.6 is 0 Å². The van der Waals surface area contributed by atoms with Gasteiger partial charge >= 0.3 is 0 Å². The maximum Gasteiger partial charge on any atom is 0.225 e. The number of benzene rings is 1. The average Bonchev–Trinajstić information content (AvgIpc) is 2.62. The van der Waals surface area contributed by atoms with E-state index in [2.05, 4.69) is 34.4 Å². The van der Waals surface area contributed by atoms with Gasteiger partial charge in [-0.2, -0.15) is 0 Å². The number of amides is 1. The number of nitrogens with one attached hydrogen (secondary N) is 2. The molecular weight excluding hydrogens is 300 g/mol.